The van der Waals surface area contributed by atoms with Gasteiger partial charge in [-0.1, -0.05) is 18.3 Å². The second-order valence-corrected chi connectivity index (χ2v) is 4.68. The molecule has 0 bridgehead atoms. The monoisotopic (exact) mass is 229 g/mol. The molecule has 1 atom stereocenters. The van der Waals surface area contributed by atoms with E-state index in [1.54, 1.807) is 0 Å². The number of aromatic amines is 1. The zero-order valence-corrected chi connectivity index (χ0v) is 9.90. The molecule has 0 radical (unpaired) electrons. The first-order chi connectivity index (χ1) is 7.22. The summed E-state index contributed by atoms with van der Waals surface area (Å²) in [6.45, 7) is 4.69. The number of aromatic nitrogens is 1. The Morgan fingerprint density at radius 2 is 2.47 bits per heavy atom. The van der Waals surface area contributed by atoms with Gasteiger partial charge in [-0.05, 0) is 31.8 Å². The quantitative estimate of drug-likeness (QED) is 0.650. The molecule has 0 aliphatic heterocycles. The van der Waals surface area contributed by atoms with E-state index in [0.29, 0.717) is 5.92 Å². The molecule has 0 aliphatic carbocycles. The first-order valence-electron chi connectivity index (χ1n) is 5.30. The lowest BCUT2D eigenvalue weighted by molar-refractivity contribution is 0.468. The number of hydrogen-bond acceptors (Lipinski definition) is 4. The van der Waals surface area contributed by atoms with E-state index in [1.165, 1.54) is 11.3 Å². The lowest BCUT2D eigenvalue weighted by Gasteiger charge is -2.10. The number of nitrogens with one attached hydrogen (secondary N) is 2. The van der Waals surface area contributed by atoms with Crippen LogP contribution in [0.4, 0.5) is 0 Å². The Balaban J connectivity index is 2.13. The van der Waals surface area contributed by atoms with Crippen molar-refractivity contribution in [3.8, 4) is 0 Å². The molecule has 1 aromatic heterocycles. The van der Waals surface area contributed by atoms with Gasteiger partial charge in [-0.15, -0.1) is 0 Å². The van der Waals surface area contributed by atoms with Crippen molar-refractivity contribution in [3.63, 3.8) is 0 Å². The van der Waals surface area contributed by atoms with Gasteiger partial charge < -0.3 is 16.0 Å². The molecule has 0 aliphatic rings. The van der Waals surface area contributed by atoms with Crippen molar-refractivity contribution in [2.45, 2.75) is 26.3 Å². The lowest BCUT2D eigenvalue weighted by atomic mass is 10.1. The van der Waals surface area contributed by atoms with Gasteiger partial charge in [0.1, 0.15) is 0 Å². The summed E-state index contributed by atoms with van der Waals surface area (Å²) in [5.41, 5.74) is 6.41. The fraction of sp³-hybridized carbons (Fsp3) is 0.700. The van der Waals surface area contributed by atoms with E-state index < -0.39 is 0 Å². The van der Waals surface area contributed by atoms with Crippen molar-refractivity contribution in [1.29, 1.82) is 0 Å². The van der Waals surface area contributed by atoms with Gasteiger partial charge in [0.05, 0.1) is 0 Å². The van der Waals surface area contributed by atoms with Crippen LogP contribution < -0.4 is 15.9 Å². The Kier molecular flexibility index (Phi) is 5.60. The van der Waals surface area contributed by atoms with E-state index in [4.69, 9.17) is 5.73 Å². The highest BCUT2D eigenvalue weighted by molar-refractivity contribution is 7.07. The molecule has 4 nitrogen and oxygen atoms in total. The topological polar surface area (TPSA) is 70.9 Å². The molecule has 4 N–H and O–H groups in total. The maximum atomic E-state index is 10.8. The van der Waals surface area contributed by atoms with Gasteiger partial charge in [-0.2, -0.15) is 0 Å². The number of hydrogen-bond donors (Lipinski definition) is 3. The first-order valence-corrected chi connectivity index (χ1v) is 6.18. The molecule has 15 heavy (non-hydrogen) atoms. The van der Waals surface area contributed by atoms with Crippen LogP contribution in [-0.2, 0) is 6.54 Å². The largest absolute Gasteiger partial charge is 0.330 e. The molecular formula is C10H19N3OS. The molecule has 1 unspecified atom stereocenters. The smallest absolute Gasteiger partial charge is 0.304 e. The Morgan fingerprint density at radius 1 is 1.67 bits per heavy atom. The highest BCUT2D eigenvalue weighted by Crippen LogP contribution is 2.03. The molecule has 1 rings (SSSR count). The fourth-order valence-electron chi connectivity index (χ4n) is 1.42. The Morgan fingerprint density at radius 3 is 3.07 bits per heavy atom. The first kappa shape index (κ1) is 12.4. The average molecular weight is 229 g/mol. The Labute approximate surface area is 93.9 Å². The molecule has 1 heterocycles. The summed E-state index contributed by atoms with van der Waals surface area (Å²) in [6, 6.07) is 0. The third kappa shape index (κ3) is 5.11. The van der Waals surface area contributed by atoms with Gasteiger partial charge in [-0.3, -0.25) is 4.79 Å². The normalized spacial score (nSPS) is 12.9. The molecule has 5 heteroatoms. The van der Waals surface area contributed by atoms with E-state index in [9.17, 15) is 4.79 Å². The molecule has 86 valence electrons. The van der Waals surface area contributed by atoms with Gasteiger partial charge in [0.15, 0.2) is 0 Å². The van der Waals surface area contributed by atoms with Crippen LogP contribution in [0, 0.1) is 5.92 Å². The SMILES string of the molecule is CC(CCCN)CNCc1csc(=O)[nH]1. The molecule has 0 saturated heterocycles. The van der Waals surface area contributed by atoms with Crippen LogP contribution in [-0.4, -0.2) is 18.1 Å². The maximum Gasteiger partial charge on any atom is 0.304 e. The summed E-state index contributed by atoms with van der Waals surface area (Å²) in [5, 5.41) is 5.18. The summed E-state index contributed by atoms with van der Waals surface area (Å²) in [7, 11) is 0. The van der Waals surface area contributed by atoms with E-state index >= 15 is 0 Å². The summed E-state index contributed by atoms with van der Waals surface area (Å²) >= 11 is 1.21. The van der Waals surface area contributed by atoms with Crippen LogP contribution in [0.2, 0.25) is 0 Å². The van der Waals surface area contributed by atoms with Crippen LogP contribution in [0.25, 0.3) is 0 Å². The number of rotatable bonds is 7. The van der Waals surface area contributed by atoms with Crippen LogP contribution in [0.15, 0.2) is 10.2 Å². The summed E-state index contributed by atoms with van der Waals surface area (Å²) in [5.74, 6) is 0.638. The van der Waals surface area contributed by atoms with Crippen LogP contribution in [0.3, 0.4) is 0 Å². The standard InChI is InChI=1S/C10H19N3OS/c1-8(3-2-4-11)5-12-6-9-7-15-10(14)13-9/h7-8,12H,2-6,11H2,1H3,(H,13,14). The van der Waals surface area contributed by atoms with Crippen molar-refractivity contribution in [3.05, 3.63) is 20.7 Å². The van der Waals surface area contributed by atoms with Gasteiger partial charge in [0, 0.05) is 17.6 Å². The zero-order chi connectivity index (χ0) is 11.1. The minimum absolute atomic E-state index is 0.0166. The molecular weight excluding hydrogens is 210 g/mol. The minimum Gasteiger partial charge on any atom is -0.330 e. The molecule has 0 saturated carbocycles. The predicted molar refractivity (Wildman–Crippen MR) is 64.1 cm³/mol. The van der Waals surface area contributed by atoms with Crippen LogP contribution in [0.5, 0.6) is 0 Å². The van der Waals surface area contributed by atoms with Crippen LogP contribution >= 0.6 is 11.3 Å². The van der Waals surface area contributed by atoms with E-state index in [-0.39, 0.29) is 4.87 Å². The van der Waals surface area contributed by atoms with Crippen molar-refractivity contribution in [1.82, 2.24) is 10.3 Å². The molecule has 0 spiro atoms. The second kappa shape index (κ2) is 6.76. The molecule has 0 fully saturated rings. The van der Waals surface area contributed by atoms with Gasteiger partial charge in [0.25, 0.3) is 0 Å². The minimum atomic E-state index is 0.0166. The summed E-state index contributed by atoms with van der Waals surface area (Å²) < 4.78 is 0. The van der Waals surface area contributed by atoms with E-state index in [0.717, 1.165) is 38.2 Å². The number of thiazole rings is 1. The highest BCUT2D eigenvalue weighted by Gasteiger charge is 2.01. The van der Waals surface area contributed by atoms with Crippen molar-refractivity contribution >= 4 is 11.3 Å². The number of nitrogens with two attached hydrogens (primary N) is 1. The van der Waals surface area contributed by atoms with Gasteiger partial charge in [0.2, 0.25) is 0 Å². The van der Waals surface area contributed by atoms with E-state index in [2.05, 4.69) is 17.2 Å². The summed E-state index contributed by atoms with van der Waals surface area (Å²) in [4.78, 5) is 13.6. The van der Waals surface area contributed by atoms with Gasteiger partial charge >= 0.3 is 4.87 Å². The third-order valence-electron chi connectivity index (χ3n) is 2.28. The third-order valence-corrected chi connectivity index (χ3v) is 3.00. The molecule has 0 aromatic carbocycles. The van der Waals surface area contributed by atoms with Crippen molar-refractivity contribution in [2.24, 2.45) is 11.7 Å². The average Bonchev–Trinajstić information content (AvgIpc) is 2.61. The van der Waals surface area contributed by atoms with E-state index in [1.807, 2.05) is 5.38 Å². The van der Waals surface area contributed by atoms with Crippen molar-refractivity contribution in [2.75, 3.05) is 13.1 Å². The molecule has 0 amide bonds. The highest BCUT2D eigenvalue weighted by atomic mass is 32.1. The number of H-pyrrole nitrogens is 1. The second-order valence-electron chi connectivity index (χ2n) is 3.84. The van der Waals surface area contributed by atoms with Crippen LogP contribution in [0.1, 0.15) is 25.5 Å². The fourth-order valence-corrected chi connectivity index (χ4v) is 2.00. The lowest BCUT2D eigenvalue weighted by Crippen LogP contribution is -2.21. The molecule has 1 aromatic rings. The maximum absolute atomic E-state index is 10.8. The Bertz CT molecular complexity index is 320. The predicted octanol–water partition coefficient (Wildman–Crippen LogP) is 0.901. The van der Waals surface area contributed by atoms with Crippen molar-refractivity contribution < 1.29 is 0 Å². The summed E-state index contributed by atoms with van der Waals surface area (Å²) in [6.07, 6.45) is 2.24. The van der Waals surface area contributed by atoms with Gasteiger partial charge in [-0.25, -0.2) is 0 Å². The zero-order valence-electron chi connectivity index (χ0n) is 9.08. The Hall–Kier alpha value is -0.650.